The highest BCUT2D eigenvalue weighted by atomic mass is 16.4. The van der Waals surface area contributed by atoms with Crippen LogP contribution in [0.15, 0.2) is 0 Å². The fourth-order valence-electron chi connectivity index (χ4n) is 1.85. The van der Waals surface area contributed by atoms with Gasteiger partial charge in [0.05, 0.1) is 5.54 Å². The number of carbonyl (C=O) groups excluding carboxylic acids is 1. The number of hydrogen-bond acceptors (Lipinski definition) is 3. The van der Waals surface area contributed by atoms with Gasteiger partial charge in [0.25, 0.3) is 0 Å². The molecule has 0 aromatic heterocycles. The van der Waals surface area contributed by atoms with Crippen molar-refractivity contribution in [2.24, 2.45) is 0 Å². The van der Waals surface area contributed by atoms with E-state index in [4.69, 9.17) is 5.11 Å². The zero-order chi connectivity index (χ0) is 12.3. The number of carboxylic acids is 1. The molecule has 5 nitrogen and oxygen atoms in total. The molecule has 1 amide bonds. The molecule has 0 radical (unpaired) electrons. The smallest absolute Gasteiger partial charge is 0.325 e. The molecule has 1 atom stereocenters. The lowest BCUT2D eigenvalue weighted by Gasteiger charge is -2.34. The first-order valence-corrected chi connectivity index (χ1v) is 5.64. The maximum absolute atomic E-state index is 12.0. The average Bonchev–Trinajstić information content (AvgIpc) is 2.70. The van der Waals surface area contributed by atoms with Crippen LogP contribution in [-0.2, 0) is 9.59 Å². The number of carbonyl (C=O) groups is 2. The van der Waals surface area contributed by atoms with Gasteiger partial charge in [0, 0.05) is 0 Å². The fraction of sp³-hybridized carbons (Fsp3) is 0.818. The van der Waals surface area contributed by atoms with Gasteiger partial charge >= 0.3 is 5.97 Å². The minimum atomic E-state index is -1.01. The monoisotopic (exact) mass is 228 g/mol. The third-order valence-electron chi connectivity index (χ3n) is 3.17. The second kappa shape index (κ2) is 4.82. The molecular formula is C11H20N2O3. The summed E-state index contributed by atoms with van der Waals surface area (Å²) in [4.78, 5) is 24.7. The number of carboxylic acid groups (broad SMARTS) is 1. The Morgan fingerprint density at radius 2 is 1.81 bits per heavy atom. The number of aliphatic carboxylic acids is 1. The number of rotatable bonds is 4. The number of nitrogens with one attached hydrogen (secondary N) is 1. The molecule has 0 aliphatic carbocycles. The summed E-state index contributed by atoms with van der Waals surface area (Å²) in [5, 5.41) is 11.2. The molecule has 1 aliphatic rings. The Bertz CT molecular complexity index is 283. The van der Waals surface area contributed by atoms with Gasteiger partial charge in [-0.05, 0) is 46.7 Å². The van der Waals surface area contributed by atoms with Crippen LogP contribution >= 0.6 is 0 Å². The van der Waals surface area contributed by atoms with Gasteiger partial charge in [-0.2, -0.15) is 0 Å². The highest BCUT2D eigenvalue weighted by Crippen LogP contribution is 2.21. The predicted molar refractivity (Wildman–Crippen MR) is 60.1 cm³/mol. The molecule has 16 heavy (non-hydrogen) atoms. The lowest BCUT2D eigenvalue weighted by molar-refractivity contribution is -0.143. The molecule has 2 N–H and O–H groups in total. The third kappa shape index (κ3) is 2.72. The van der Waals surface area contributed by atoms with E-state index in [1.807, 2.05) is 13.8 Å². The second-order valence-corrected chi connectivity index (χ2v) is 4.79. The summed E-state index contributed by atoms with van der Waals surface area (Å²) in [5.41, 5.74) is -0.625. The van der Waals surface area contributed by atoms with Crippen LogP contribution in [0.2, 0.25) is 0 Å². The Hall–Kier alpha value is -1.10. The molecule has 1 rings (SSSR count). The van der Waals surface area contributed by atoms with Gasteiger partial charge in [0.1, 0.15) is 6.04 Å². The first kappa shape index (κ1) is 13.0. The van der Waals surface area contributed by atoms with Crippen LogP contribution in [0.1, 0.15) is 33.6 Å². The molecule has 1 unspecified atom stereocenters. The summed E-state index contributed by atoms with van der Waals surface area (Å²) >= 11 is 0. The lowest BCUT2D eigenvalue weighted by Crippen LogP contribution is -2.56. The van der Waals surface area contributed by atoms with E-state index < -0.39 is 17.6 Å². The van der Waals surface area contributed by atoms with Crippen molar-refractivity contribution in [3.05, 3.63) is 0 Å². The van der Waals surface area contributed by atoms with Gasteiger partial charge in [0.15, 0.2) is 0 Å². The maximum Gasteiger partial charge on any atom is 0.325 e. The van der Waals surface area contributed by atoms with Crippen LogP contribution in [0.5, 0.6) is 0 Å². The van der Waals surface area contributed by atoms with Crippen molar-refractivity contribution < 1.29 is 14.7 Å². The molecule has 0 aromatic carbocycles. The number of likely N-dealkylation sites (tertiary alicyclic amines) is 1. The maximum atomic E-state index is 12.0. The van der Waals surface area contributed by atoms with Crippen molar-refractivity contribution in [1.29, 1.82) is 0 Å². The van der Waals surface area contributed by atoms with Crippen molar-refractivity contribution in [1.82, 2.24) is 10.2 Å². The van der Waals surface area contributed by atoms with E-state index in [1.54, 1.807) is 0 Å². The molecule has 0 saturated carbocycles. The van der Waals surface area contributed by atoms with E-state index in [1.165, 1.54) is 6.92 Å². The number of hydrogen-bond donors (Lipinski definition) is 2. The van der Waals surface area contributed by atoms with Gasteiger partial charge in [-0.3, -0.25) is 14.5 Å². The van der Waals surface area contributed by atoms with Crippen LogP contribution in [0.3, 0.4) is 0 Å². The summed E-state index contributed by atoms with van der Waals surface area (Å²) in [6.45, 7) is 6.95. The molecular weight excluding hydrogens is 208 g/mol. The lowest BCUT2D eigenvalue weighted by atomic mass is 10.0. The minimum absolute atomic E-state index is 0.218. The quantitative estimate of drug-likeness (QED) is 0.733. The second-order valence-electron chi connectivity index (χ2n) is 4.79. The van der Waals surface area contributed by atoms with Crippen LogP contribution in [-0.4, -0.2) is 46.6 Å². The molecule has 1 heterocycles. The summed E-state index contributed by atoms with van der Waals surface area (Å²) in [6.07, 6.45) is 2.20. The SMILES string of the molecule is CC(NC(=O)C(C)(C)N1CCCC1)C(=O)O. The standard InChI is InChI=1S/C11H20N2O3/c1-8(9(14)15)12-10(16)11(2,3)13-6-4-5-7-13/h8H,4-7H2,1-3H3,(H,12,16)(H,14,15). The average molecular weight is 228 g/mol. The Kier molecular flexibility index (Phi) is 3.91. The van der Waals surface area contributed by atoms with E-state index in [0.29, 0.717) is 0 Å². The molecule has 0 bridgehead atoms. The van der Waals surface area contributed by atoms with Crippen LogP contribution in [0, 0.1) is 0 Å². The number of amides is 1. The zero-order valence-electron chi connectivity index (χ0n) is 10.1. The Labute approximate surface area is 95.8 Å². The number of nitrogens with zero attached hydrogens (tertiary/aromatic N) is 1. The summed E-state index contributed by atoms with van der Waals surface area (Å²) in [5.74, 6) is -1.23. The summed E-state index contributed by atoms with van der Waals surface area (Å²) in [7, 11) is 0. The molecule has 1 fully saturated rings. The minimum Gasteiger partial charge on any atom is -0.480 e. The van der Waals surface area contributed by atoms with E-state index >= 15 is 0 Å². The van der Waals surface area contributed by atoms with Gasteiger partial charge < -0.3 is 10.4 Å². The predicted octanol–water partition coefficient (Wildman–Crippen LogP) is 0.450. The molecule has 1 saturated heterocycles. The molecule has 0 spiro atoms. The van der Waals surface area contributed by atoms with E-state index in [9.17, 15) is 9.59 Å². The van der Waals surface area contributed by atoms with E-state index in [0.717, 1.165) is 25.9 Å². The van der Waals surface area contributed by atoms with Crippen LogP contribution in [0.4, 0.5) is 0 Å². The van der Waals surface area contributed by atoms with Gasteiger partial charge in [-0.15, -0.1) is 0 Å². The van der Waals surface area contributed by atoms with Crippen molar-refractivity contribution >= 4 is 11.9 Å². The van der Waals surface area contributed by atoms with Gasteiger partial charge in [0.2, 0.25) is 5.91 Å². The molecule has 0 aromatic rings. The highest BCUT2D eigenvalue weighted by molar-refractivity contribution is 5.89. The molecule has 92 valence electrons. The van der Waals surface area contributed by atoms with Gasteiger partial charge in [-0.25, -0.2) is 0 Å². The zero-order valence-corrected chi connectivity index (χ0v) is 10.1. The van der Waals surface area contributed by atoms with E-state index in [-0.39, 0.29) is 5.91 Å². The van der Waals surface area contributed by atoms with Gasteiger partial charge in [-0.1, -0.05) is 0 Å². The van der Waals surface area contributed by atoms with Crippen molar-refractivity contribution in [2.75, 3.05) is 13.1 Å². The van der Waals surface area contributed by atoms with Crippen molar-refractivity contribution in [2.45, 2.75) is 45.2 Å². The van der Waals surface area contributed by atoms with Crippen molar-refractivity contribution in [3.8, 4) is 0 Å². The summed E-state index contributed by atoms with van der Waals surface area (Å²) < 4.78 is 0. The fourth-order valence-corrected chi connectivity index (χ4v) is 1.85. The highest BCUT2D eigenvalue weighted by Gasteiger charge is 2.36. The first-order chi connectivity index (χ1) is 7.35. The van der Waals surface area contributed by atoms with E-state index in [2.05, 4.69) is 10.2 Å². The first-order valence-electron chi connectivity index (χ1n) is 5.64. The van der Waals surface area contributed by atoms with Crippen LogP contribution < -0.4 is 5.32 Å². The Morgan fingerprint density at radius 1 is 1.31 bits per heavy atom. The molecule has 1 aliphatic heterocycles. The third-order valence-corrected chi connectivity index (χ3v) is 3.17. The van der Waals surface area contributed by atoms with Crippen molar-refractivity contribution in [3.63, 3.8) is 0 Å². The molecule has 5 heteroatoms. The Morgan fingerprint density at radius 3 is 2.25 bits per heavy atom. The Balaban J connectivity index is 2.60. The topological polar surface area (TPSA) is 69.6 Å². The van der Waals surface area contributed by atoms with Crippen LogP contribution in [0.25, 0.3) is 0 Å². The normalized spacial score (nSPS) is 19.4. The summed E-state index contributed by atoms with van der Waals surface area (Å²) in [6, 6.07) is -0.839. The largest absolute Gasteiger partial charge is 0.480 e.